The van der Waals surface area contributed by atoms with Gasteiger partial charge in [-0.2, -0.15) is 0 Å². The van der Waals surface area contributed by atoms with Crippen LogP contribution >= 0.6 is 0 Å². The number of allylic oxidation sites excluding steroid dienone is 1. The Hall–Kier alpha value is -3.13. The van der Waals surface area contributed by atoms with Gasteiger partial charge in [0.25, 0.3) is 0 Å². The summed E-state index contributed by atoms with van der Waals surface area (Å²) in [6.07, 6.45) is 10.2. The third-order valence-electron chi connectivity index (χ3n) is 5.83. The van der Waals surface area contributed by atoms with Gasteiger partial charge in [0.15, 0.2) is 5.78 Å². The van der Waals surface area contributed by atoms with Crippen molar-refractivity contribution in [3.8, 4) is 5.75 Å². The fourth-order valence-corrected chi connectivity index (χ4v) is 4.11. The molecule has 0 bridgehead atoms. The van der Waals surface area contributed by atoms with Gasteiger partial charge in [0.1, 0.15) is 12.4 Å². The van der Waals surface area contributed by atoms with Crippen LogP contribution in [0.25, 0.3) is 6.08 Å². The molecule has 2 nitrogen and oxygen atoms in total. The lowest BCUT2D eigenvalue weighted by Gasteiger charge is -2.21. The zero-order chi connectivity index (χ0) is 20.6. The summed E-state index contributed by atoms with van der Waals surface area (Å²) < 4.78 is 5.92. The van der Waals surface area contributed by atoms with Crippen LogP contribution in [0.1, 0.15) is 65.1 Å². The molecular formula is C28H28O2. The van der Waals surface area contributed by atoms with Crippen molar-refractivity contribution in [2.24, 2.45) is 0 Å². The van der Waals surface area contributed by atoms with Gasteiger partial charge in [-0.25, -0.2) is 0 Å². The van der Waals surface area contributed by atoms with Crippen molar-refractivity contribution in [1.29, 1.82) is 0 Å². The number of rotatable bonds is 7. The predicted octanol–water partition coefficient (Wildman–Crippen LogP) is 7.21. The molecule has 3 aromatic carbocycles. The van der Waals surface area contributed by atoms with Gasteiger partial charge in [-0.3, -0.25) is 4.79 Å². The van der Waals surface area contributed by atoms with Crippen molar-refractivity contribution in [2.45, 2.75) is 44.6 Å². The van der Waals surface area contributed by atoms with Crippen LogP contribution in [0.2, 0.25) is 0 Å². The second kappa shape index (κ2) is 10.1. The molecule has 152 valence electrons. The monoisotopic (exact) mass is 396 g/mol. The van der Waals surface area contributed by atoms with Crippen molar-refractivity contribution in [3.05, 3.63) is 107 Å². The summed E-state index contributed by atoms with van der Waals surface area (Å²) in [5.41, 5.74) is 4.14. The minimum absolute atomic E-state index is 0.0463. The van der Waals surface area contributed by atoms with Gasteiger partial charge in [0.2, 0.25) is 0 Å². The minimum atomic E-state index is -0.0463. The first-order chi connectivity index (χ1) is 14.8. The van der Waals surface area contributed by atoms with E-state index in [4.69, 9.17) is 4.74 Å². The Bertz CT molecular complexity index is 981. The molecule has 0 radical (unpaired) electrons. The molecule has 4 rings (SSSR count). The molecule has 30 heavy (non-hydrogen) atoms. The Morgan fingerprint density at radius 3 is 2.30 bits per heavy atom. The lowest BCUT2D eigenvalue weighted by molar-refractivity contribution is 0.104. The van der Waals surface area contributed by atoms with Crippen molar-refractivity contribution < 1.29 is 9.53 Å². The summed E-state index contributed by atoms with van der Waals surface area (Å²) in [7, 11) is 0. The topological polar surface area (TPSA) is 26.3 Å². The molecule has 1 aliphatic carbocycles. The Labute approximate surface area is 179 Å². The number of benzene rings is 3. The Balaban J connectivity index is 1.41. The van der Waals surface area contributed by atoms with E-state index in [9.17, 15) is 4.79 Å². The van der Waals surface area contributed by atoms with Crippen LogP contribution in [-0.2, 0) is 6.61 Å². The van der Waals surface area contributed by atoms with Gasteiger partial charge in [0.05, 0.1) is 5.56 Å². The molecule has 0 unspecified atom stereocenters. The van der Waals surface area contributed by atoms with Gasteiger partial charge in [-0.1, -0.05) is 92.1 Å². The second-order valence-electron chi connectivity index (χ2n) is 7.97. The standard InChI is InChI=1S/C28H28O2/c29-27(20-17-22-15-18-25(19-16-22)24-11-5-2-6-12-24)26-13-7-8-14-28(26)30-21-23-9-3-1-4-10-23/h1,3-4,7-10,13-20,24H,2,5-6,11-12,21H2/b20-17+. The van der Waals surface area contributed by atoms with Crippen LogP contribution in [-0.4, -0.2) is 5.78 Å². The largest absolute Gasteiger partial charge is 0.488 e. The molecule has 0 N–H and O–H groups in total. The normalized spacial score (nSPS) is 14.7. The maximum Gasteiger partial charge on any atom is 0.189 e. The molecular weight excluding hydrogens is 368 g/mol. The van der Waals surface area contributed by atoms with Crippen LogP contribution < -0.4 is 4.74 Å². The van der Waals surface area contributed by atoms with Crippen LogP contribution in [0.3, 0.4) is 0 Å². The highest BCUT2D eigenvalue weighted by atomic mass is 16.5. The Morgan fingerprint density at radius 1 is 0.833 bits per heavy atom. The predicted molar refractivity (Wildman–Crippen MR) is 123 cm³/mol. The Morgan fingerprint density at radius 2 is 1.53 bits per heavy atom. The van der Waals surface area contributed by atoms with Gasteiger partial charge < -0.3 is 4.74 Å². The second-order valence-corrected chi connectivity index (χ2v) is 7.97. The fourth-order valence-electron chi connectivity index (χ4n) is 4.11. The van der Waals surface area contributed by atoms with Crippen LogP contribution in [0.15, 0.2) is 84.9 Å². The smallest absolute Gasteiger partial charge is 0.189 e. The van der Waals surface area contributed by atoms with E-state index in [-0.39, 0.29) is 5.78 Å². The maximum atomic E-state index is 12.8. The average molecular weight is 397 g/mol. The van der Waals surface area contributed by atoms with Crippen LogP contribution in [0.5, 0.6) is 5.75 Å². The number of carbonyl (C=O) groups is 1. The van der Waals surface area contributed by atoms with Gasteiger partial charge in [-0.15, -0.1) is 0 Å². The molecule has 0 atom stereocenters. The van der Waals surface area contributed by atoms with Gasteiger partial charge in [0, 0.05) is 0 Å². The summed E-state index contributed by atoms with van der Waals surface area (Å²) in [6, 6.07) is 26.1. The molecule has 1 aliphatic rings. The first-order valence-electron chi connectivity index (χ1n) is 10.9. The molecule has 1 saturated carbocycles. The molecule has 0 aromatic heterocycles. The van der Waals surface area contributed by atoms with E-state index in [1.807, 2.05) is 60.7 Å². The highest BCUT2D eigenvalue weighted by Gasteiger charge is 2.15. The van der Waals surface area contributed by atoms with E-state index in [2.05, 4.69) is 24.3 Å². The van der Waals surface area contributed by atoms with Crippen LogP contribution in [0, 0.1) is 0 Å². The van der Waals surface area contributed by atoms with E-state index >= 15 is 0 Å². The molecule has 0 aliphatic heterocycles. The van der Waals surface area contributed by atoms with Crippen molar-refractivity contribution >= 4 is 11.9 Å². The summed E-state index contributed by atoms with van der Waals surface area (Å²) >= 11 is 0. The van der Waals surface area contributed by atoms with Crippen molar-refractivity contribution in [1.82, 2.24) is 0 Å². The van der Waals surface area contributed by atoms with E-state index < -0.39 is 0 Å². The number of ether oxygens (including phenoxy) is 1. The quantitative estimate of drug-likeness (QED) is 0.311. The fraction of sp³-hybridized carbons (Fsp3) is 0.250. The lowest BCUT2D eigenvalue weighted by Crippen LogP contribution is -2.04. The zero-order valence-electron chi connectivity index (χ0n) is 17.3. The number of hydrogen-bond acceptors (Lipinski definition) is 2. The van der Waals surface area contributed by atoms with E-state index in [0.717, 1.165) is 11.1 Å². The zero-order valence-corrected chi connectivity index (χ0v) is 17.3. The third kappa shape index (κ3) is 5.27. The Kier molecular flexibility index (Phi) is 6.76. The molecule has 0 saturated heterocycles. The molecule has 3 aromatic rings. The number of para-hydroxylation sites is 1. The minimum Gasteiger partial charge on any atom is -0.488 e. The van der Waals surface area contributed by atoms with Crippen molar-refractivity contribution in [2.75, 3.05) is 0 Å². The molecule has 0 spiro atoms. The summed E-state index contributed by atoms with van der Waals surface area (Å²) in [6.45, 7) is 0.442. The lowest BCUT2D eigenvalue weighted by atomic mass is 9.84. The first-order valence-corrected chi connectivity index (χ1v) is 10.9. The number of hydrogen-bond donors (Lipinski definition) is 0. The highest BCUT2D eigenvalue weighted by Crippen LogP contribution is 2.32. The van der Waals surface area contributed by atoms with E-state index in [0.29, 0.717) is 23.8 Å². The summed E-state index contributed by atoms with van der Waals surface area (Å²) in [5, 5.41) is 0. The summed E-state index contributed by atoms with van der Waals surface area (Å²) in [4.78, 5) is 12.8. The molecule has 0 heterocycles. The highest BCUT2D eigenvalue weighted by molar-refractivity contribution is 6.08. The van der Waals surface area contributed by atoms with Crippen molar-refractivity contribution in [3.63, 3.8) is 0 Å². The van der Waals surface area contributed by atoms with Crippen LogP contribution in [0.4, 0.5) is 0 Å². The third-order valence-corrected chi connectivity index (χ3v) is 5.83. The number of carbonyl (C=O) groups excluding carboxylic acids is 1. The van der Waals surface area contributed by atoms with E-state index in [1.54, 1.807) is 6.08 Å². The van der Waals surface area contributed by atoms with E-state index in [1.165, 1.54) is 37.7 Å². The SMILES string of the molecule is O=C(/C=C/c1ccc(C2CCCCC2)cc1)c1ccccc1OCc1ccccc1. The molecule has 1 fully saturated rings. The summed E-state index contributed by atoms with van der Waals surface area (Å²) in [5.74, 6) is 1.27. The molecule has 0 amide bonds. The molecule has 2 heteroatoms. The van der Waals surface area contributed by atoms with Gasteiger partial charge in [-0.05, 0) is 53.7 Å². The maximum absolute atomic E-state index is 12.8. The number of ketones is 1. The van der Waals surface area contributed by atoms with Gasteiger partial charge >= 0.3 is 0 Å². The first kappa shape index (κ1) is 20.2. The average Bonchev–Trinajstić information content (AvgIpc) is 2.83.